The third-order valence-corrected chi connectivity index (χ3v) is 3.43. The fraction of sp³-hybridized carbons (Fsp3) is 0.462. The monoisotopic (exact) mass is 279 g/mol. The first-order chi connectivity index (χ1) is 9.60. The maximum absolute atomic E-state index is 12.6. The highest BCUT2D eigenvalue weighted by Gasteiger charge is 2.31. The van der Waals surface area contributed by atoms with Crippen molar-refractivity contribution < 1.29 is 14.5 Å². The summed E-state index contributed by atoms with van der Waals surface area (Å²) in [6.45, 7) is 3.94. The Morgan fingerprint density at radius 3 is 2.70 bits per heavy atom. The summed E-state index contributed by atoms with van der Waals surface area (Å²) in [5.41, 5.74) is 0.0385. The van der Waals surface area contributed by atoms with Gasteiger partial charge in [0.05, 0.1) is 23.6 Å². The second-order valence-corrected chi connectivity index (χ2v) is 4.52. The number of para-hydroxylation sites is 1. The molecule has 0 saturated carbocycles. The number of hydrogen-bond acceptors (Lipinski definition) is 5. The predicted molar refractivity (Wildman–Crippen MR) is 73.0 cm³/mol. The minimum atomic E-state index is -0.545. The number of nitro groups is 1. The minimum absolute atomic E-state index is 0.0215. The average Bonchev–Trinajstić information content (AvgIpc) is 2.40. The lowest BCUT2D eigenvalue weighted by atomic mass is 10.1. The van der Waals surface area contributed by atoms with Crippen LogP contribution in [-0.2, 0) is 0 Å². The molecule has 0 unspecified atom stereocenters. The highest BCUT2D eigenvalue weighted by Crippen LogP contribution is 2.31. The fourth-order valence-electron chi connectivity index (χ4n) is 2.27. The van der Waals surface area contributed by atoms with E-state index in [1.165, 1.54) is 19.2 Å². The summed E-state index contributed by atoms with van der Waals surface area (Å²) in [6, 6.07) is 4.52. The average molecular weight is 279 g/mol. The number of nitro benzene ring substituents is 1. The van der Waals surface area contributed by atoms with Gasteiger partial charge in [-0.1, -0.05) is 6.07 Å². The van der Waals surface area contributed by atoms with Crippen LogP contribution < -0.4 is 10.1 Å². The summed E-state index contributed by atoms with van der Waals surface area (Å²) in [5, 5.41) is 14.1. The van der Waals surface area contributed by atoms with Gasteiger partial charge < -0.3 is 15.0 Å². The van der Waals surface area contributed by atoms with Crippen molar-refractivity contribution >= 4 is 11.6 Å². The van der Waals surface area contributed by atoms with Crippen LogP contribution in [-0.4, -0.2) is 48.5 Å². The summed E-state index contributed by atoms with van der Waals surface area (Å²) < 4.78 is 5.08. The Labute approximate surface area is 116 Å². The topological polar surface area (TPSA) is 84.7 Å². The Kier molecular flexibility index (Phi) is 4.19. The Hall–Kier alpha value is -2.15. The van der Waals surface area contributed by atoms with Crippen LogP contribution in [0.15, 0.2) is 18.2 Å². The van der Waals surface area contributed by atoms with Gasteiger partial charge >= 0.3 is 5.69 Å². The molecule has 1 saturated heterocycles. The van der Waals surface area contributed by atoms with Crippen LogP contribution in [0.25, 0.3) is 0 Å². The Morgan fingerprint density at radius 2 is 2.25 bits per heavy atom. The second-order valence-electron chi connectivity index (χ2n) is 4.52. The molecule has 0 aliphatic carbocycles. The largest absolute Gasteiger partial charge is 0.490 e. The van der Waals surface area contributed by atoms with Crippen molar-refractivity contribution in [3.63, 3.8) is 0 Å². The van der Waals surface area contributed by atoms with Crippen LogP contribution in [0, 0.1) is 10.1 Å². The molecule has 7 nitrogen and oxygen atoms in total. The molecule has 0 spiro atoms. The van der Waals surface area contributed by atoms with Crippen LogP contribution in [0.2, 0.25) is 0 Å². The van der Waals surface area contributed by atoms with E-state index in [2.05, 4.69) is 5.32 Å². The number of ether oxygens (including phenoxy) is 1. The van der Waals surface area contributed by atoms with Crippen LogP contribution in [0.1, 0.15) is 17.3 Å². The van der Waals surface area contributed by atoms with Gasteiger partial charge in [-0.05, 0) is 13.0 Å². The predicted octanol–water partition coefficient (Wildman–Crippen LogP) is 1.04. The molecule has 1 N–H and O–H groups in total. The zero-order valence-electron chi connectivity index (χ0n) is 11.5. The molecule has 1 aliphatic heterocycles. The Morgan fingerprint density at radius 1 is 1.55 bits per heavy atom. The lowest BCUT2D eigenvalue weighted by molar-refractivity contribution is -0.385. The number of rotatable bonds is 5. The molecular formula is C13H17N3O4. The number of methoxy groups -OCH3 is 1. The molecule has 1 fully saturated rings. The summed E-state index contributed by atoms with van der Waals surface area (Å²) in [5.74, 6) is -0.215. The van der Waals surface area contributed by atoms with Crippen molar-refractivity contribution in [2.45, 2.75) is 13.0 Å². The van der Waals surface area contributed by atoms with Gasteiger partial charge in [0.1, 0.15) is 0 Å². The van der Waals surface area contributed by atoms with Crippen molar-refractivity contribution in [3.05, 3.63) is 33.9 Å². The van der Waals surface area contributed by atoms with Crippen LogP contribution in [0.4, 0.5) is 5.69 Å². The van der Waals surface area contributed by atoms with E-state index in [1.54, 1.807) is 11.0 Å². The first-order valence-corrected chi connectivity index (χ1v) is 6.43. The number of likely N-dealkylation sites (N-methyl/N-ethyl adjacent to an activating group) is 1. The maximum Gasteiger partial charge on any atom is 0.311 e. The molecule has 20 heavy (non-hydrogen) atoms. The second kappa shape index (κ2) is 5.87. The molecule has 1 aromatic rings. The van der Waals surface area contributed by atoms with Gasteiger partial charge in [-0.25, -0.2) is 0 Å². The van der Waals surface area contributed by atoms with E-state index in [1.807, 2.05) is 6.92 Å². The molecule has 1 aliphatic rings. The van der Waals surface area contributed by atoms with Gasteiger partial charge in [0.25, 0.3) is 5.91 Å². The third-order valence-electron chi connectivity index (χ3n) is 3.43. The van der Waals surface area contributed by atoms with Crippen LogP contribution >= 0.6 is 0 Å². The lowest BCUT2D eigenvalue weighted by Gasteiger charge is -2.37. The number of amides is 1. The SMILES string of the molecule is CCN(C(=O)c1cccc([N+](=O)[O-])c1OC)C1CNC1. The molecule has 2 rings (SSSR count). The number of benzene rings is 1. The Balaban J connectivity index is 2.37. The fourth-order valence-corrected chi connectivity index (χ4v) is 2.27. The molecule has 1 heterocycles. The van der Waals surface area contributed by atoms with Gasteiger partial charge in [0.15, 0.2) is 0 Å². The van der Waals surface area contributed by atoms with Gasteiger partial charge in [0.2, 0.25) is 5.75 Å². The van der Waals surface area contributed by atoms with E-state index in [9.17, 15) is 14.9 Å². The van der Waals surface area contributed by atoms with Crippen LogP contribution in [0.5, 0.6) is 5.75 Å². The van der Waals surface area contributed by atoms with E-state index < -0.39 is 4.92 Å². The lowest BCUT2D eigenvalue weighted by Crippen LogP contribution is -2.58. The van der Waals surface area contributed by atoms with Crippen molar-refractivity contribution in [2.24, 2.45) is 0 Å². The van der Waals surface area contributed by atoms with Gasteiger partial charge in [0, 0.05) is 25.7 Å². The minimum Gasteiger partial charge on any atom is -0.490 e. The quantitative estimate of drug-likeness (QED) is 0.643. The van der Waals surface area contributed by atoms with Crippen molar-refractivity contribution in [1.82, 2.24) is 10.2 Å². The van der Waals surface area contributed by atoms with E-state index in [4.69, 9.17) is 4.74 Å². The molecule has 0 atom stereocenters. The molecule has 0 bridgehead atoms. The Bertz CT molecular complexity index is 528. The summed E-state index contributed by atoms with van der Waals surface area (Å²) in [6.07, 6.45) is 0. The highest BCUT2D eigenvalue weighted by molar-refractivity contribution is 5.98. The molecule has 1 aromatic carbocycles. The number of nitrogens with one attached hydrogen (secondary N) is 1. The molecule has 0 aromatic heterocycles. The van der Waals surface area contributed by atoms with E-state index in [-0.39, 0.29) is 28.9 Å². The highest BCUT2D eigenvalue weighted by atomic mass is 16.6. The van der Waals surface area contributed by atoms with Crippen LogP contribution in [0.3, 0.4) is 0 Å². The molecule has 108 valence electrons. The molecular weight excluding hydrogens is 262 g/mol. The molecule has 0 radical (unpaired) electrons. The van der Waals surface area contributed by atoms with E-state index in [0.717, 1.165) is 13.1 Å². The summed E-state index contributed by atoms with van der Waals surface area (Å²) >= 11 is 0. The first-order valence-electron chi connectivity index (χ1n) is 6.43. The van der Waals surface area contributed by atoms with Crippen molar-refractivity contribution in [2.75, 3.05) is 26.7 Å². The number of nitrogens with zero attached hydrogens (tertiary/aromatic N) is 2. The van der Waals surface area contributed by atoms with E-state index >= 15 is 0 Å². The summed E-state index contributed by atoms with van der Waals surface area (Å²) in [7, 11) is 1.33. The van der Waals surface area contributed by atoms with Crippen molar-refractivity contribution in [1.29, 1.82) is 0 Å². The van der Waals surface area contributed by atoms with Gasteiger partial charge in [-0.15, -0.1) is 0 Å². The number of carbonyl (C=O) groups is 1. The van der Waals surface area contributed by atoms with E-state index in [0.29, 0.717) is 6.54 Å². The standard InChI is InChI=1S/C13H17N3O4/c1-3-15(9-7-14-8-9)13(17)10-5-4-6-11(16(18)19)12(10)20-2/h4-6,9,14H,3,7-8H2,1-2H3. The molecule has 7 heteroatoms. The van der Waals surface area contributed by atoms with Crippen molar-refractivity contribution in [3.8, 4) is 5.75 Å². The third kappa shape index (κ3) is 2.44. The maximum atomic E-state index is 12.6. The molecule has 1 amide bonds. The zero-order chi connectivity index (χ0) is 14.7. The summed E-state index contributed by atoms with van der Waals surface area (Å²) in [4.78, 5) is 24.7. The number of carbonyl (C=O) groups excluding carboxylic acids is 1. The number of hydrogen-bond donors (Lipinski definition) is 1. The normalized spacial score (nSPS) is 14.5. The first kappa shape index (κ1) is 14.3. The van der Waals surface area contributed by atoms with Gasteiger partial charge in [-0.3, -0.25) is 14.9 Å². The smallest absolute Gasteiger partial charge is 0.311 e. The zero-order valence-corrected chi connectivity index (χ0v) is 11.5. The van der Waals surface area contributed by atoms with Gasteiger partial charge in [-0.2, -0.15) is 0 Å².